The lowest BCUT2D eigenvalue weighted by molar-refractivity contribution is -0.149. The molecule has 0 saturated heterocycles. The van der Waals surface area contributed by atoms with Crippen LogP contribution in [0.15, 0.2) is 102 Å². The van der Waals surface area contributed by atoms with E-state index in [1.54, 1.807) is 62.4 Å². The Bertz CT molecular complexity index is 1810. The molecule has 260 valence electrons. The molecular weight excluding hydrogens is 704 g/mol. The SMILES string of the molecule is COc1cc(C=CC(=O)OC2CCC(Oc3ccc(-c4ccc(OC(C)=O)cc4)cc3)CC2)ccc1OC(=O)C(C)(C)Oc1ccc(Br)cc1. The van der Waals surface area contributed by atoms with E-state index in [0.29, 0.717) is 35.7 Å². The van der Waals surface area contributed by atoms with Gasteiger partial charge in [-0.25, -0.2) is 9.59 Å². The number of carbonyl (C=O) groups is 3. The van der Waals surface area contributed by atoms with Crippen LogP contribution in [-0.2, 0) is 19.1 Å². The van der Waals surface area contributed by atoms with Crippen molar-refractivity contribution in [1.82, 2.24) is 0 Å². The van der Waals surface area contributed by atoms with Gasteiger partial charge in [-0.15, -0.1) is 0 Å². The van der Waals surface area contributed by atoms with Gasteiger partial charge < -0.3 is 28.4 Å². The average Bonchev–Trinajstić information content (AvgIpc) is 3.10. The predicted octanol–water partition coefficient (Wildman–Crippen LogP) is 8.76. The predicted molar refractivity (Wildman–Crippen MR) is 192 cm³/mol. The third-order valence-electron chi connectivity index (χ3n) is 7.99. The maximum atomic E-state index is 13.0. The third-order valence-corrected chi connectivity index (χ3v) is 8.52. The van der Waals surface area contributed by atoms with Gasteiger partial charge in [-0.3, -0.25) is 4.79 Å². The van der Waals surface area contributed by atoms with Crippen LogP contribution in [0.1, 0.15) is 52.0 Å². The molecule has 0 N–H and O–H groups in total. The zero-order valence-corrected chi connectivity index (χ0v) is 29.9. The van der Waals surface area contributed by atoms with Crippen molar-refractivity contribution in [3.63, 3.8) is 0 Å². The highest BCUT2D eigenvalue weighted by molar-refractivity contribution is 9.10. The number of esters is 3. The zero-order chi connectivity index (χ0) is 35.7. The number of hydrogen-bond donors (Lipinski definition) is 0. The van der Waals surface area contributed by atoms with Crippen LogP contribution in [0.3, 0.4) is 0 Å². The smallest absolute Gasteiger partial charge is 0.355 e. The number of hydrogen-bond acceptors (Lipinski definition) is 9. The molecule has 4 aromatic rings. The highest BCUT2D eigenvalue weighted by Gasteiger charge is 2.33. The molecule has 0 radical (unpaired) electrons. The van der Waals surface area contributed by atoms with E-state index in [-0.39, 0.29) is 23.9 Å². The molecule has 9 nitrogen and oxygen atoms in total. The summed E-state index contributed by atoms with van der Waals surface area (Å²) < 4.78 is 34.9. The minimum atomic E-state index is -1.26. The molecule has 0 atom stereocenters. The molecule has 0 unspecified atom stereocenters. The molecule has 1 fully saturated rings. The Kier molecular flexibility index (Phi) is 12.0. The maximum Gasteiger partial charge on any atom is 0.355 e. The van der Waals surface area contributed by atoms with Gasteiger partial charge in [-0.05, 0) is 123 Å². The second kappa shape index (κ2) is 16.5. The van der Waals surface area contributed by atoms with E-state index < -0.39 is 17.5 Å². The van der Waals surface area contributed by atoms with Crippen molar-refractivity contribution in [3.8, 4) is 39.9 Å². The molecule has 0 aromatic heterocycles. The van der Waals surface area contributed by atoms with Crippen LogP contribution < -0.4 is 23.7 Å². The van der Waals surface area contributed by atoms with E-state index in [4.69, 9.17) is 28.4 Å². The maximum absolute atomic E-state index is 13.0. The fourth-order valence-corrected chi connectivity index (χ4v) is 5.63. The first-order chi connectivity index (χ1) is 24.0. The highest BCUT2D eigenvalue weighted by Crippen LogP contribution is 2.32. The second-order valence-corrected chi connectivity index (χ2v) is 13.2. The summed E-state index contributed by atoms with van der Waals surface area (Å²) in [4.78, 5) is 36.7. The lowest BCUT2D eigenvalue weighted by Gasteiger charge is -2.28. The Labute approximate surface area is 300 Å². The van der Waals surface area contributed by atoms with E-state index in [1.807, 2.05) is 48.5 Å². The second-order valence-electron chi connectivity index (χ2n) is 12.3. The minimum absolute atomic E-state index is 0.0346. The van der Waals surface area contributed by atoms with Crippen molar-refractivity contribution < 1.29 is 42.8 Å². The summed E-state index contributed by atoms with van der Waals surface area (Å²) in [7, 11) is 1.47. The van der Waals surface area contributed by atoms with Crippen LogP contribution in [-0.4, -0.2) is 42.8 Å². The monoisotopic (exact) mass is 742 g/mol. The van der Waals surface area contributed by atoms with Gasteiger partial charge in [0, 0.05) is 17.5 Å². The van der Waals surface area contributed by atoms with Crippen molar-refractivity contribution in [2.75, 3.05) is 7.11 Å². The van der Waals surface area contributed by atoms with Crippen LogP contribution in [0, 0.1) is 0 Å². The Morgan fingerprint density at radius 1 is 0.720 bits per heavy atom. The minimum Gasteiger partial charge on any atom is -0.493 e. The van der Waals surface area contributed by atoms with Crippen molar-refractivity contribution in [1.29, 1.82) is 0 Å². The van der Waals surface area contributed by atoms with Gasteiger partial charge in [-0.1, -0.05) is 46.3 Å². The molecule has 0 bridgehead atoms. The van der Waals surface area contributed by atoms with E-state index >= 15 is 0 Å². The van der Waals surface area contributed by atoms with Crippen LogP contribution in [0.4, 0.5) is 0 Å². The number of carbonyl (C=O) groups excluding carboxylic acids is 3. The average molecular weight is 744 g/mol. The lowest BCUT2D eigenvalue weighted by atomic mass is 9.95. The van der Waals surface area contributed by atoms with Crippen LogP contribution >= 0.6 is 15.9 Å². The first-order valence-corrected chi connectivity index (χ1v) is 17.1. The summed E-state index contributed by atoms with van der Waals surface area (Å²) >= 11 is 3.38. The van der Waals surface area contributed by atoms with Gasteiger partial charge in [0.15, 0.2) is 11.5 Å². The zero-order valence-electron chi connectivity index (χ0n) is 28.4. The largest absolute Gasteiger partial charge is 0.493 e. The third kappa shape index (κ3) is 10.2. The van der Waals surface area contributed by atoms with Crippen LogP contribution in [0.5, 0.6) is 28.7 Å². The van der Waals surface area contributed by atoms with Gasteiger partial charge in [0.1, 0.15) is 23.4 Å². The Morgan fingerprint density at radius 2 is 1.30 bits per heavy atom. The molecule has 5 rings (SSSR count). The molecule has 50 heavy (non-hydrogen) atoms. The highest BCUT2D eigenvalue weighted by atomic mass is 79.9. The molecule has 1 aliphatic rings. The van der Waals surface area contributed by atoms with Crippen molar-refractivity contribution in [3.05, 3.63) is 107 Å². The van der Waals surface area contributed by atoms with E-state index in [1.165, 1.54) is 20.1 Å². The molecule has 4 aromatic carbocycles. The first-order valence-electron chi connectivity index (χ1n) is 16.3. The molecular formula is C40H39BrO9. The van der Waals surface area contributed by atoms with Gasteiger partial charge in [0.25, 0.3) is 0 Å². The number of rotatable bonds is 12. The summed E-state index contributed by atoms with van der Waals surface area (Å²) in [6, 6.07) is 27.4. The quantitative estimate of drug-likeness (QED) is 0.0800. The standard InChI is InChI=1S/C40H39BrO9/c1-26(42)46-31-13-7-28(8-14-31)29-9-15-32(16-10-29)47-33-19-21-34(22-20-33)48-38(43)24-6-27-5-23-36(37(25-27)45-4)49-39(44)40(2,3)50-35-17-11-30(41)12-18-35/h5-18,23-25,33-34H,19-22H2,1-4H3. The molecule has 1 saturated carbocycles. The number of methoxy groups -OCH3 is 1. The van der Waals surface area contributed by atoms with Gasteiger partial charge in [-0.2, -0.15) is 0 Å². The van der Waals surface area contributed by atoms with Crippen LogP contribution in [0.2, 0.25) is 0 Å². The molecule has 10 heteroatoms. The van der Waals surface area contributed by atoms with Crippen molar-refractivity contribution >= 4 is 39.9 Å². The van der Waals surface area contributed by atoms with Gasteiger partial charge in [0.2, 0.25) is 5.60 Å². The summed E-state index contributed by atoms with van der Waals surface area (Å²) in [5.41, 5.74) is 1.44. The summed E-state index contributed by atoms with van der Waals surface area (Å²) in [5, 5.41) is 0. The Hall–Kier alpha value is -5.09. The summed E-state index contributed by atoms with van der Waals surface area (Å²) in [6.07, 6.45) is 5.79. The van der Waals surface area contributed by atoms with Crippen LogP contribution in [0.25, 0.3) is 17.2 Å². The number of benzene rings is 4. The Morgan fingerprint density at radius 3 is 1.90 bits per heavy atom. The summed E-state index contributed by atoms with van der Waals surface area (Å²) in [5.74, 6) is 0.995. The lowest BCUT2D eigenvalue weighted by Crippen LogP contribution is -2.41. The molecule has 0 aliphatic heterocycles. The van der Waals surface area contributed by atoms with E-state index in [0.717, 1.165) is 34.2 Å². The van der Waals surface area contributed by atoms with Crippen molar-refractivity contribution in [2.45, 2.75) is 64.3 Å². The molecule has 0 spiro atoms. The summed E-state index contributed by atoms with van der Waals surface area (Å²) in [6.45, 7) is 4.63. The number of halogens is 1. The Balaban J connectivity index is 1.07. The fourth-order valence-electron chi connectivity index (χ4n) is 5.37. The topological polar surface area (TPSA) is 107 Å². The number of ether oxygens (including phenoxy) is 6. The van der Waals surface area contributed by atoms with E-state index in [9.17, 15) is 14.4 Å². The molecule has 0 heterocycles. The fraction of sp³-hybridized carbons (Fsp3) is 0.275. The first kappa shape index (κ1) is 36.2. The van der Waals surface area contributed by atoms with Gasteiger partial charge in [0.05, 0.1) is 13.2 Å². The van der Waals surface area contributed by atoms with Gasteiger partial charge >= 0.3 is 17.9 Å². The van der Waals surface area contributed by atoms with Crippen molar-refractivity contribution in [2.24, 2.45) is 0 Å². The normalized spacial score (nSPS) is 15.9. The molecule has 0 amide bonds. The molecule has 1 aliphatic carbocycles. The van der Waals surface area contributed by atoms with E-state index in [2.05, 4.69) is 15.9 Å².